The second kappa shape index (κ2) is 8.27. The number of nitrogens with zero attached hydrogens (tertiary/aromatic N) is 2. The molecule has 4 aromatic rings. The number of amides is 1. The molecule has 0 spiro atoms. The van der Waals surface area contributed by atoms with Crippen molar-refractivity contribution in [3.05, 3.63) is 90.1 Å². The van der Waals surface area contributed by atoms with Crippen LogP contribution >= 0.6 is 33.9 Å². The van der Waals surface area contributed by atoms with E-state index in [2.05, 4.69) is 32.9 Å². The van der Waals surface area contributed by atoms with Crippen molar-refractivity contribution in [1.82, 2.24) is 9.55 Å². The third-order valence-electron chi connectivity index (χ3n) is 4.86. The Morgan fingerprint density at radius 2 is 2.00 bits per heavy atom. The highest BCUT2D eigenvalue weighted by atomic mass is 127. The number of nitrogens with one attached hydrogen (secondary N) is 1. The Kier molecular flexibility index (Phi) is 5.70. The van der Waals surface area contributed by atoms with Crippen molar-refractivity contribution in [2.24, 2.45) is 0 Å². The minimum absolute atomic E-state index is 0.0765. The number of aryl methyl sites for hydroxylation is 2. The standard InChI is InChI=1S/C22H17FIN3O2S/c1-12-9-15(24)7-8-17(12)26-20(28)19-13(2)18-21(30-19)25-11-27(22(18)29)10-14-5-3-4-6-16(14)23/h3-9,11H,10H2,1-2H3,(H,26,28). The molecule has 2 heterocycles. The van der Waals surface area contributed by atoms with E-state index >= 15 is 0 Å². The first-order chi connectivity index (χ1) is 14.3. The molecule has 0 fully saturated rings. The first-order valence-corrected chi connectivity index (χ1v) is 11.0. The van der Waals surface area contributed by atoms with Gasteiger partial charge in [0.05, 0.1) is 23.1 Å². The molecule has 5 nitrogen and oxygen atoms in total. The third-order valence-corrected chi connectivity index (χ3v) is 6.73. The van der Waals surface area contributed by atoms with Crippen LogP contribution < -0.4 is 10.9 Å². The smallest absolute Gasteiger partial charge is 0.266 e. The van der Waals surface area contributed by atoms with Crippen LogP contribution in [0.2, 0.25) is 0 Å². The van der Waals surface area contributed by atoms with E-state index in [-0.39, 0.29) is 23.8 Å². The Labute approximate surface area is 189 Å². The molecule has 0 aliphatic rings. The van der Waals surface area contributed by atoms with Crippen molar-refractivity contribution in [2.45, 2.75) is 20.4 Å². The van der Waals surface area contributed by atoms with Crippen LogP contribution in [0, 0.1) is 23.2 Å². The molecule has 1 amide bonds. The minimum atomic E-state index is -0.375. The van der Waals surface area contributed by atoms with Crippen LogP contribution in [0.3, 0.4) is 0 Å². The number of benzene rings is 2. The quantitative estimate of drug-likeness (QED) is 0.371. The van der Waals surface area contributed by atoms with E-state index in [1.54, 1.807) is 25.1 Å². The molecule has 4 rings (SSSR count). The molecule has 0 bridgehead atoms. The van der Waals surface area contributed by atoms with Crippen LogP contribution in [0.1, 0.15) is 26.4 Å². The molecule has 152 valence electrons. The van der Waals surface area contributed by atoms with E-state index in [1.165, 1.54) is 28.3 Å². The van der Waals surface area contributed by atoms with E-state index in [9.17, 15) is 14.0 Å². The van der Waals surface area contributed by atoms with Gasteiger partial charge >= 0.3 is 0 Å². The summed E-state index contributed by atoms with van der Waals surface area (Å²) < 4.78 is 16.4. The lowest BCUT2D eigenvalue weighted by atomic mass is 10.1. The SMILES string of the molecule is Cc1cc(I)ccc1NC(=O)c1sc2ncn(Cc3ccccc3F)c(=O)c2c1C. The lowest BCUT2D eigenvalue weighted by Crippen LogP contribution is -2.21. The summed E-state index contributed by atoms with van der Waals surface area (Å²) in [5.74, 6) is -0.653. The Morgan fingerprint density at radius 1 is 1.23 bits per heavy atom. The number of halogens is 2. The number of hydrogen-bond donors (Lipinski definition) is 1. The fourth-order valence-corrected chi connectivity index (χ4v) is 4.93. The van der Waals surface area contributed by atoms with E-state index in [4.69, 9.17) is 0 Å². The zero-order chi connectivity index (χ0) is 21.4. The van der Waals surface area contributed by atoms with Gasteiger partial charge in [0.15, 0.2) is 0 Å². The summed E-state index contributed by atoms with van der Waals surface area (Å²) >= 11 is 3.40. The maximum Gasteiger partial charge on any atom is 0.266 e. The topological polar surface area (TPSA) is 64.0 Å². The maximum atomic E-state index is 14.0. The Hall–Kier alpha value is -2.59. The number of carbonyl (C=O) groups excluding carboxylic acids is 1. The van der Waals surface area contributed by atoms with Crippen molar-refractivity contribution >= 4 is 55.7 Å². The van der Waals surface area contributed by atoms with Crippen LogP contribution in [0.4, 0.5) is 10.1 Å². The number of rotatable bonds is 4. The highest BCUT2D eigenvalue weighted by Gasteiger charge is 2.20. The monoisotopic (exact) mass is 533 g/mol. The van der Waals surface area contributed by atoms with Crippen molar-refractivity contribution in [2.75, 3.05) is 5.32 Å². The van der Waals surface area contributed by atoms with Crippen molar-refractivity contribution in [3.8, 4) is 0 Å². The van der Waals surface area contributed by atoms with Gasteiger partial charge in [-0.3, -0.25) is 14.2 Å². The number of anilines is 1. The molecule has 8 heteroatoms. The second-order valence-corrected chi connectivity index (χ2v) is 9.16. The summed E-state index contributed by atoms with van der Waals surface area (Å²) in [7, 11) is 0. The summed E-state index contributed by atoms with van der Waals surface area (Å²) in [4.78, 5) is 31.2. The summed E-state index contributed by atoms with van der Waals surface area (Å²) in [5, 5.41) is 3.31. The maximum absolute atomic E-state index is 14.0. The fourth-order valence-electron chi connectivity index (χ4n) is 3.24. The molecule has 0 aliphatic carbocycles. The number of fused-ring (bicyclic) bond motifs is 1. The van der Waals surface area contributed by atoms with Gasteiger partial charge in [-0.1, -0.05) is 18.2 Å². The van der Waals surface area contributed by atoms with Gasteiger partial charge in [0, 0.05) is 14.8 Å². The average molecular weight is 533 g/mol. The van der Waals surface area contributed by atoms with Crippen LogP contribution in [-0.2, 0) is 6.54 Å². The molecule has 0 radical (unpaired) electrons. The summed E-state index contributed by atoms with van der Waals surface area (Å²) in [6.07, 6.45) is 1.40. The van der Waals surface area contributed by atoms with Gasteiger partial charge in [0.25, 0.3) is 11.5 Å². The highest BCUT2D eigenvalue weighted by molar-refractivity contribution is 14.1. The molecule has 0 unspecified atom stereocenters. The van der Waals surface area contributed by atoms with Crippen LogP contribution in [0.5, 0.6) is 0 Å². The zero-order valence-corrected chi connectivity index (χ0v) is 19.2. The van der Waals surface area contributed by atoms with Gasteiger partial charge in [-0.25, -0.2) is 9.37 Å². The summed E-state index contributed by atoms with van der Waals surface area (Å²) in [6, 6.07) is 12.1. The van der Waals surface area contributed by atoms with E-state index in [1.807, 2.05) is 25.1 Å². The average Bonchev–Trinajstić information content (AvgIpc) is 3.05. The van der Waals surface area contributed by atoms with E-state index in [0.29, 0.717) is 26.2 Å². The lowest BCUT2D eigenvalue weighted by Gasteiger charge is -2.08. The predicted octanol–water partition coefficient (Wildman–Crippen LogP) is 5.12. The molecule has 2 aromatic heterocycles. The largest absolute Gasteiger partial charge is 0.321 e. The molecule has 0 aliphatic heterocycles. The first-order valence-electron chi connectivity index (χ1n) is 9.14. The van der Waals surface area contributed by atoms with E-state index < -0.39 is 0 Å². The second-order valence-electron chi connectivity index (χ2n) is 6.92. The van der Waals surface area contributed by atoms with Gasteiger partial charge in [0.1, 0.15) is 10.6 Å². The van der Waals surface area contributed by atoms with Gasteiger partial charge < -0.3 is 5.32 Å². The molecular formula is C22H17FIN3O2S. The molecule has 2 aromatic carbocycles. The molecule has 0 saturated carbocycles. The first kappa shape index (κ1) is 20.7. The zero-order valence-electron chi connectivity index (χ0n) is 16.2. The molecule has 0 saturated heterocycles. The molecule has 1 N–H and O–H groups in total. The number of carbonyl (C=O) groups is 1. The number of thiophene rings is 1. The van der Waals surface area contributed by atoms with Crippen LogP contribution in [0.25, 0.3) is 10.2 Å². The Balaban J connectivity index is 1.70. The predicted molar refractivity (Wildman–Crippen MR) is 126 cm³/mol. The van der Waals surface area contributed by atoms with Gasteiger partial charge in [-0.15, -0.1) is 11.3 Å². The summed E-state index contributed by atoms with van der Waals surface area (Å²) in [6.45, 7) is 3.75. The molecular weight excluding hydrogens is 516 g/mol. The third kappa shape index (κ3) is 3.89. The van der Waals surface area contributed by atoms with Gasteiger partial charge in [-0.05, 0) is 71.8 Å². The minimum Gasteiger partial charge on any atom is -0.321 e. The Morgan fingerprint density at radius 3 is 2.73 bits per heavy atom. The molecule has 0 atom stereocenters. The normalized spacial score (nSPS) is 11.1. The van der Waals surface area contributed by atoms with Crippen LogP contribution in [0.15, 0.2) is 53.6 Å². The van der Waals surface area contributed by atoms with Crippen molar-refractivity contribution in [3.63, 3.8) is 0 Å². The van der Waals surface area contributed by atoms with Crippen LogP contribution in [-0.4, -0.2) is 15.5 Å². The highest BCUT2D eigenvalue weighted by Crippen LogP contribution is 2.28. The molecule has 30 heavy (non-hydrogen) atoms. The number of aromatic nitrogens is 2. The Bertz CT molecular complexity index is 1350. The van der Waals surface area contributed by atoms with Gasteiger partial charge in [-0.2, -0.15) is 0 Å². The van der Waals surface area contributed by atoms with Crippen molar-refractivity contribution in [1.29, 1.82) is 0 Å². The number of hydrogen-bond acceptors (Lipinski definition) is 4. The lowest BCUT2D eigenvalue weighted by molar-refractivity contribution is 0.103. The fraction of sp³-hybridized carbons (Fsp3) is 0.136. The summed E-state index contributed by atoms with van der Waals surface area (Å²) in [5.41, 5.74) is 2.37. The van der Waals surface area contributed by atoms with E-state index in [0.717, 1.165) is 14.8 Å². The van der Waals surface area contributed by atoms with Gasteiger partial charge in [0.2, 0.25) is 0 Å². The van der Waals surface area contributed by atoms with Crippen molar-refractivity contribution < 1.29 is 9.18 Å².